The molecule has 26 heavy (non-hydrogen) atoms. The van der Waals surface area contributed by atoms with Crippen LogP contribution in [0.3, 0.4) is 0 Å². The van der Waals surface area contributed by atoms with Gasteiger partial charge in [0.1, 0.15) is 11.0 Å². The number of rotatable bonds is 7. The first kappa shape index (κ1) is 19.4. The second-order valence-corrected chi connectivity index (χ2v) is 7.77. The Hall–Kier alpha value is -2.94. The number of amides is 1. The maximum absolute atomic E-state index is 12.5. The van der Waals surface area contributed by atoms with E-state index in [1.165, 1.54) is 6.92 Å². The molecular formula is C17H18N2O6S. The minimum atomic E-state index is -3.95. The Labute approximate surface area is 150 Å². The van der Waals surface area contributed by atoms with Gasteiger partial charge < -0.3 is 10.1 Å². The molecule has 0 saturated heterocycles. The molecule has 1 N–H and O–H groups in total. The van der Waals surface area contributed by atoms with Gasteiger partial charge in [0.2, 0.25) is 5.91 Å². The molecule has 9 heteroatoms. The Kier molecular flexibility index (Phi) is 5.93. The molecule has 2 aromatic carbocycles. The summed E-state index contributed by atoms with van der Waals surface area (Å²) in [7, 11) is -2.41. The molecule has 0 aliphatic rings. The zero-order valence-electron chi connectivity index (χ0n) is 14.2. The maximum Gasteiger partial charge on any atom is 0.269 e. The predicted molar refractivity (Wildman–Crippen MR) is 94.6 cm³/mol. The number of nitro groups is 1. The monoisotopic (exact) mass is 378 g/mol. The zero-order chi connectivity index (χ0) is 19.3. The average Bonchev–Trinajstić information content (AvgIpc) is 2.65. The van der Waals surface area contributed by atoms with Gasteiger partial charge in [-0.2, -0.15) is 0 Å². The molecule has 138 valence electrons. The number of carbonyl (C=O) groups excluding carboxylic acids is 1. The van der Waals surface area contributed by atoms with E-state index in [2.05, 4.69) is 5.32 Å². The normalized spacial score (nSPS) is 12.2. The van der Waals surface area contributed by atoms with Crippen molar-refractivity contribution >= 4 is 21.4 Å². The van der Waals surface area contributed by atoms with Crippen LogP contribution in [0.25, 0.3) is 0 Å². The van der Waals surface area contributed by atoms with Crippen molar-refractivity contribution in [2.24, 2.45) is 0 Å². The highest BCUT2D eigenvalue weighted by molar-refractivity contribution is 7.92. The Morgan fingerprint density at radius 3 is 2.23 bits per heavy atom. The van der Waals surface area contributed by atoms with E-state index in [9.17, 15) is 23.3 Å². The summed E-state index contributed by atoms with van der Waals surface area (Å²) >= 11 is 0. The quantitative estimate of drug-likeness (QED) is 0.582. The van der Waals surface area contributed by atoms with Crippen molar-refractivity contribution in [2.75, 3.05) is 7.11 Å². The topological polar surface area (TPSA) is 116 Å². The summed E-state index contributed by atoms with van der Waals surface area (Å²) in [5.41, 5.74) is 0.569. The lowest BCUT2D eigenvalue weighted by atomic mass is 10.2. The lowest BCUT2D eigenvalue weighted by molar-refractivity contribution is -0.384. The smallest absolute Gasteiger partial charge is 0.269 e. The summed E-state index contributed by atoms with van der Waals surface area (Å²) in [6.07, 6.45) is 0. The molecule has 0 spiro atoms. The number of hydrogen-bond acceptors (Lipinski definition) is 6. The number of ether oxygens (including phenoxy) is 1. The number of nitro benzene ring substituents is 1. The molecule has 0 fully saturated rings. The number of carbonyl (C=O) groups is 1. The molecule has 0 saturated carbocycles. The van der Waals surface area contributed by atoms with Gasteiger partial charge in [-0.15, -0.1) is 0 Å². The number of nitrogens with zero attached hydrogens (tertiary/aromatic N) is 1. The average molecular weight is 378 g/mol. The van der Waals surface area contributed by atoms with Crippen LogP contribution >= 0.6 is 0 Å². The maximum atomic E-state index is 12.5. The van der Waals surface area contributed by atoms with Crippen LogP contribution in [0.2, 0.25) is 0 Å². The number of hydrogen-bond donors (Lipinski definition) is 1. The molecule has 1 amide bonds. The number of nitrogens with one attached hydrogen (secondary N) is 1. The molecule has 0 aliphatic heterocycles. The number of sulfone groups is 1. The summed E-state index contributed by atoms with van der Waals surface area (Å²) in [5.74, 6) is 0.0216. The van der Waals surface area contributed by atoms with Gasteiger partial charge in [0, 0.05) is 18.7 Å². The van der Waals surface area contributed by atoms with Gasteiger partial charge in [-0.1, -0.05) is 12.1 Å². The van der Waals surface area contributed by atoms with Crippen LogP contribution < -0.4 is 10.1 Å². The van der Waals surface area contributed by atoms with Crippen molar-refractivity contribution in [3.8, 4) is 5.75 Å². The lowest BCUT2D eigenvalue weighted by Gasteiger charge is -2.13. The number of benzene rings is 2. The summed E-state index contributed by atoms with van der Waals surface area (Å²) < 4.78 is 30.0. The van der Waals surface area contributed by atoms with Crippen molar-refractivity contribution in [3.05, 3.63) is 64.2 Å². The zero-order valence-corrected chi connectivity index (χ0v) is 15.0. The van der Waals surface area contributed by atoms with E-state index in [0.29, 0.717) is 5.75 Å². The van der Waals surface area contributed by atoms with Gasteiger partial charge in [0.05, 0.1) is 16.9 Å². The van der Waals surface area contributed by atoms with Gasteiger partial charge in [-0.05, 0) is 36.8 Å². The molecule has 0 heterocycles. The molecule has 1 atom stereocenters. The van der Waals surface area contributed by atoms with E-state index < -0.39 is 25.9 Å². The van der Waals surface area contributed by atoms with Crippen LogP contribution in [0.5, 0.6) is 5.75 Å². The number of methoxy groups -OCH3 is 1. The highest BCUT2D eigenvalue weighted by atomic mass is 32.2. The molecular weight excluding hydrogens is 360 g/mol. The van der Waals surface area contributed by atoms with Crippen LogP contribution in [-0.2, 0) is 21.2 Å². The molecule has 8 nitrogen and oxygen atoms in total. The summed E-state index contributed by atoms with van der Waals surface area (Å²) in [4.78, 5) is 22.1. The van der Waals surface area contributed by atoms with E-state index in [1.807, 2.05) is 0 Å². The molecule has 0 aromatic heterocycles. The summed E-state index contributed by atoms with van der Waals surface area (Å²) in [5, 5.41) is 11.9. The molecule has 0 radical (unpaired) electrons. The molecule has 1 unspecified atom stereocenters. The lowest BCUT2D eigenvalue weighted by Crippen LogP contribution is -2.37. The number of non-ortho nitro benzene ring substituents is 1. The van der Waals surface area contributed by atoms with E-state index in [-0.39, 0.29) is 17.1 Å². The third kappa shape index (κ3) is 4.37. The highest BCUT2D eigenvalue weighted by Crippen LogP contribution is 2.20. The van der Waals surface area contributed by atoms with E-state index in [0.717, 1.165) is 29.8 Å². The van der Waals surface area contributed by atoms with Crippen molar-refractivity contribution in [3.63, 3.8) is 0 Å². The van der Waals surface area contributed by atoms with E-state index in [4.69, 9.17) is 4.74 Å². The van der Waals surface area contributed by atoms with Crippen molar-refractivity contribution in [1.82, 2.24) is 5.32 Å². The molecule has 2 aromatic rings. The van der Waals surface area contributed by atoms with Gasteiger partial charge in [0.15, 0.2) is 9.84 Å². The largest absolute Gasteiger partial charge is 0.497 e. The van der Waals surface area contributed by atoms with Gasteiger partial charge in [-0.3, -0.25) is 14.9 Å². The standard InChI is InChI=1S/C17H18N2O6S/c1-12(17(20)18-11-13-3-7-15(25-2)8-4-13)26(23,24)16-9-5-14(6-10-16)19(21)22/h3-10,12H,11H2,1-2H3,(H,18,20). The molecule has 2 rings (SSSR count). The first-order valence-electron chi connectivity index (χ1n) is 7.64. The molecule has 0 aliphatic carbocycles. The van der Waals surface area contributed by atoms with Crippen molar-refractivity contribution in [1.29, 1.82) is 0 Å². The second kappa shape index (κ2) is 7.96. The minimum Gasteiger partial charge on any atom is -0.497 e. The Bertz CT molecular complexity index is 892. The van der Waals surface area contributed by atoms with Crippen LogP contribution in [-0.4, -0.2) is 31.6 Å². The molecule has 0 bridgehead atoms. The second-order valence-electron chi connectivity index (χ2n) is 5.50. The first-order valence-corrected chi connectivity index (χ1v) is 9.19. The summed E-state index contributed by atoms with van der Waals surface area (Å²) in [6.45, 7) is 1.45. The Balaban J connectivity index is 2.06. The van der Waals surface area contributed by atoms with Crippen molar-refractivity contribution < 1.29 is 22.9 Å². The van der Waals surface area contributed by atoms with Crippen molar-refractivity contribution in [2.45, 2.75) is 23.6 Å². The fraction of sp³-hybridized carbons (Fsp3) is 0.235. The summed E-state index contributed by atoms with van der Waals surface area (Å²) in [6, 6.07) is 11.4. The predicted octanol–water partition coefficient (Wildman–Crippen LogP) is 2.08. The van der Waals surface area contributed by atoms with Gasteiger partial charge in [0.25, 0.3) is 5.69 Å². The van der Waals surface area contributed by atoms with E-state index in [1.54, 1.807) is 31.4 Å². The van der Waals surface area contributed by atoms with Crippen LogP contribution in [0.15, 0.2) is 53.4 Å². The first-order chi connectivity index (χ1) is 12.3. The minimum absolute atomic E-state index is 0.143. The van der Waals surface area contributed by atoms with Crippen LogP contribution in [0.4, 0.5) is 5.69 Å². The fourth-order valence-electron chi connectivity index (χ4n) is 2.18. The fourth-order valence-corrected chi connectivity index (χ4v) is 3.47. The Morgan fingerprint density at radius 1 is 1.15 bits per heavy atom. The van der Waals surface area contributed by atoms with Crippen LogP contribution in [0, 0.1) is 10.1 Å². The van der Waals surface area contributed by atoms with E-state index >= 15 is 0 Å². The highest BCUT2D eigenvalue weighted by Gasteiger charge is 2.30. The van der Waals surface area contributed by atoms with Gasteiger partial charge >= 0.3 is 0 Å². The Morgan fingerprint density at radius 2 is 1.73 bits per heavy atom. The van der Waals surface area contributed by atoms with Crippen LogP contribution in [0.1, 0.15) is 12.5 Å². The van der Waals surface area contributed by atoms with Gasteiger partial charge in [-0.25, -0.2) is 8.42 Å². The third-order valence-electron chi connectivity index (χ3n) is 3.84. The third-order valence-corrected chi connectivity index (χ3v) is 5.91. The SMILES string of the molecule is COc1ccc(CNC(=O)C(C)S(=O)(=O)c2ccc([N+](=O)[O-])cc2)cc1.